The third kappa shape index (κ3) is 2.90. The first kappa shape index (κ1) is 10.4. The van der Waals surface area contributed by atoms with Gasteiger partial charge in [-0.1, -0.05) is 36.8 Å². The lowest BCUT2D eigenvalue weighted by atomic mass is 10.1. The summed E-state index contributed by atoms with van der Waals surface area (Å²) in [4.78, 5) is 14.1. The van der Waals surface area contributed by atoms with E-state index in [0.29, 0.717) is 6.54 Å². The summed E-state index contributed by atoms with van der Waals surface area (Å²) in [5, 5.41) is 0. The molecule has 0 unspecified atom stereocenters. The van der Waals surface area contributed by atoms with Crippen LogP contribution in [0.2, 0.25) is 0 Å². The van der Waals surface area contributed by atoms with E-state index in [1.807, 2.05) is 30.3 Å². The van der Waals surface area contributed by atoms with Gasteiger partial charge in [0.1, 0.15) is 0 Å². The zero-order valence-electron chi connectivity index (χ0n) is 8.98. The van der Waals surface area contributed by atoms with Crippen LogP contribution in [0.25, 0.3) is 0 Å². The van der Waals surface area contributed by atoms with E-state index in [1.165, 1.54) is 19.3 Å². The van der Waals surface area contributed by atoms with Gasteiger partial charge in [0, 0.05) is 5.56 Å². The standard InChI is InChI=1S/C13H17NO/c15-13(12-7-3-1-4-8-12)11-14-9-5-2-6-10-14/h1,3-4,7-8H,2,5-6,9-11H2/i13+1. The van der Waals surface area contributed by atoms with Crippen LogP contribution in [-0.4, -0.2) is 30.3 Å². The fourth-order valence-corrected chi connectivity index (χ4v) is 2.04. The molecule has 1 aromatic rings. The van der Waals surface area contributed by atoms with Crippen LogP contribution >= 0.6 is 0 Å². The topological polar surface area (TPSA) is 20.3 Å². The van der Waals surface area contributed by atoms with Crippen LogP contribution in [0.15, 0.2) is 30.3 Å². The molecule has 0 bridgehead atoms. The number of likely N-dealkylation sites (tertiary alicyclic amines) is 1. The molecule has 0 N–H and O–H groups in total. The summed E-state index contributed by atoms with van der Waals surface area (Å²) in [5.41, 5.74) is 0.836. The molecule has 0 saturated carbocycles. The second-order valence-corrected chi connectivity index (χ2v) is 4.13. The smallest absolute Gasteiger partial charge is 0.176 e. The monoisotopic (exact) mass is 204 g/mol. The van der Waals surface area contributed by atoms with Crippen molar-refractivity contribution in [2.75, 3.05) is 19.6 Å². The van der Waals surface area contributed by atoms with Crippen molar-refractivity contribution < 1.29 is 4.79 Å². The largest absolute Gasteiger partial charge is 0.296 e. The van der Waals surface area contributed by atoms with Gasteiger partial charge in [0.2, 0.25) is 0 Å². The summed E-state index contributed by atoms with van der Waals surface area (Å²) in [6, 6.07) is 9.57. The number of rotatable bonds is 3. The van der Waals surface area contributed by atoms with Crippen LogP contribution in [0.5, 0.6) is 0 Å². The SMILES string of the molecule is O=[13C](CN1CCCCC1)c1ccccc1. The van der Waals surface area contributed by atoms with Crippen LogP contribution in [0, 0.1) is 0 Å². The van der Waals surface area contributed by atoms with Gasteiger partial charge in [-0.15, -0.1) is 0 Å². The van der Waals surface area contributed by atoms with Crippen molar-refractivity contribution in [2.24, 2.45) is 0 Å². The van der Waals surface area contributed by atoms with E-state index in [-0.39, 0.29) is 5.78 Å². The normalized spacial score (nSPS) is 17.6. The Kier molecular flexibility index (Phi) is 3.51. The van der Waals surface area contributed by atoms with Crippen molar-refractivity contribution in [1.82, 2.24) is 4.90 Å². The Morgan fingerprint density at radius 3 is 2.40 bits per heavy atom. The molecule has 1 aliphatic heterocycles. The molecule has 1 heterocycles. The quantitative estimate of drug-likeness (QED) is 0.556. The Morgan fingerprint density at radius 1 is 1.07 bits per heavy atom. The second-order valence-electron chi connectivity index (χ2n) is 4.13. The van der Waals surface area contributed by atoms with E-state index in [1.54, 1.807) is 0 Å². The van der Waals surface area contributed by atoms with Crippen molar-refractivity contribution in [3.05, 3.63) is 35.9 Å². The number of carbonyl (C=O) groups excluding carboxylic acids is 1. The van der Waals surface area contributed by atoms with Crippen LogP contribution in [0.3, 0.4) is 0 Å². The maximum absolute atomic E-state index is 11.9. The summed E-state index contributed by atoms with van der Waals surface area (Å²) < 4.78 is 0. The summed E-state index contributed by atoms with van der Waals surface area (Å²) in [6.07, 6.45) is 3.79. The minimum Gasteiger partial charge on any atom is -0.296 e. The average Bonchev–Trinajstić information content (AvgIpc) is 2.31. The van der Waals surface area contributed by atoms with Gasteiger partial charge in [0.25, 0.3) is 0 Å². The molecule has 1 fully saturated rings. The second kappa shape index (κ2) is 5.08. The summed E-state index contributed by atoms with van der Waals surface area (Å²) in [5.74, 6) is 0.248. The van der Waals surface area contributed by atoms with E-state index in [9.17, 15) is 4.79 Å². The Hall–Kier alpha value is -1.15. The van der Waals surface area contributed by atoms with Crippen molar-refractivity contribution in [3.8, 4) is 0 Å². The Bertz CT molecular complexity index is 315. The number of carbonyl (C=O) groups is 1. The number of nitrogens with zero attached hydrogens (tertiary/aromatic N) is 1. The number of piperidine rings is 1. The van der Waals surface area contributed by atoms with Crippen LogP contribution in [-0.2, 0) is 0 Å². The van der Waals surface area contributed by atoms with Crippen molar-refractivity contribution in [1.29, 1.82) is 0 Å². The molecule has 0 amide bonds. The van der Waals surface area contributed by atoms with Gasteiger partial charge in [-0.2, -0.15) is 0 Å². The predicted molar refractivity (Wildman–Crippen MR) is 61.1 cm³/mol. The highest BCUT2D eigenvalue weighted by molar-refractivity contribution is 5.97. The predicted octanol–water partition coefficient (Wildman–Crippen LogP) is 2.36. The van der Waals surface area contributed by atoms with Gasteiger partial charge in [-0.05, 0) is 25.9 Å². The first-order valence-corrected chi connectivity index (χ1v) is 5.67. The highest BCUT2D eigenvalue weighted by atomic mass is 16.2. The van der Waals surface area contributed by atoms with Gasteiger partial charge >= 0.3 is 0 Å². The van der Waals surface area contributed by atoms with Crippen molar-refractivity contribution in [3.63, 3.8) is 0 Å². The number of hydrogen-bond acceptors (Lipinski definition) is 2. The van der Waals surface area contributed by atoms with Gasteiger partial charge < -0.3 is 0 Å². The lowest BCUT2D eigenvalue weighted by molar-refractivity contribution is 0.0915. The van der Waals surface area contributed by atoms with Gasteiger partial charge in [-0.25, -0.2) is 0 Å². The molecule has 0 aromatic heterocycles. The number of hydrogen-bond donors (Lipinski definition) is 0. The molecule has 1 aliphatic rings. The molecule has 0 atom stereocenters. The summed E-state index contributed by atoms with van der Waals surface area (Å²) in [6.45, 7) is 2.75. The van der Waals surface area contributed by atoms with Crippen LogP contribution in [0.4, 0.5) is 0 Å². The first-order chi connectivity index (χ1) is 7.36. The molecular formula is C13H17NO. The highest BCUT2D eigenvalue weighted by Gasteiger charge is 2.14. The molecule has 1 aromatic carbocycles. The third-order valence-corrected chi connectivity index (χ3v) is 2.91. The maximum atomic E-state index is 11.9. The van der Waals surface area contributed by atoms with E-state index in [0.717, 1.165) is 18.7 Å². The summed E-state index contributed by atoms with van der Waals surface area (Å²) in [7, 11) is 0. The molecule has 0 spiro atoms. The zero-order valence-corrected chi connectivity index (χ0v) is 8.98. The molecule has 15 heavy (non-hydrogen) atoms. The number of benzene rings is 1. The fourth-order valence-electron chi connectivity index (χ4n) is 2.04. The van der Waals surface area contributed by atoms with Crippen molar-refractivity contribution in [2.45, 2.75) is 19.3 Å². The minimum absolute atomic E-state index is 0.248. The Labute approximate surface area is 90.9 Å². The lowest BCUT2D eigenvalue weighted by Crippen LogP contribution is -2.34. The molecular weight excluding hydrogens is 187 g/mol. The van der Waals surface area contributed by atoms with Gasteiger partial charge in [-0.3, -0.25) is 9.69 Å². The van der Waals surface area contributed by atoms with E-state index < -0.39 is 0 Å². The Morgan fingerprint density at radius 2 is 1.73 bits per heavy atom. The molecule has 2 nitrogen and oxygen atoms in total. The Balaban J connectivity index is 1.91. The first-order valence-electron chi connectivity index (χ1n) is 5.67. The molecule has 2 heteroatoms. The van der Waals surface area contributed by atoms with Crippen LogP contribution < -0.4 is 0 Å². The van der Waals surface area contributed by atoms with Gasteiger partial charge in [0.05, 0.1) is 6.54 Å². The van der Waals surface area contributed by atoms with E-state index in [4.69, 9.17) is 0 Å². The average molecular weight is 204 g/mol. The van der Waals surface area contributed by atoms with Crippen LogP contribution in [0.1, 0.15) is 29.6 Å². The minimum atomic E-state index is 0.248. The number of Topliss-reactive ketones (excluding diaryl/α,β-unsaturated/α-hetero) is 1. The van der Waals surface area contributed by atoms with E-state index >= 15 is 0 Å². The number of ketones is 1. The highest BCUT2D eigenvalue weighted by Crippen LogP contribution is 2.09. The molecule has 1 saturated heterocycles. The third-order valence-electron chi connectivity index (χ3n) is 2.91. The lowest BCUT2D eigenvalue weighted by Gasteiger charge is -2.25. The molecule has 0 radical (unpaired) electrons. The molecule has 2 rings (SSSR count). The van der Waals surface area contributed by atoms with Crippen molar-refractivity contribution >= 4 is 5.78 Å². The zero-order chi connectivity index (χ0) is 10.5. The summed E-state index contributed by atoms with van der Waals surface area (Å²) >= 11 is 0. The molecule has 0 aliphatic carbocycles. The van der Waals surface area contributed by atoms with Gasteiger partial charge in [0.15, 0.2) is 5.78 Å². The fraction of sp³-hybridized carbons (Fsp3) is 0.462. The molecule has 80 valence electrons. The maximum Gasteiger partial charge on any atom is 0.176 e. The van der Waals surface area contributed by atoms with E-state index in [2.05, 4.69) is 4.90 Å².